The van der Waals surface area contributed by atoms with E-state index < -0.39 is 30.0 Å². The van der Waals surface area contributed by atoms with Crippen molar-refractivity contribution in [2.75, 3.05) is 14.2 Å². The molecule has 35 heavy (non-hydrogen) atoms. The fourth-order valence-corrected chi connectivity index (χ4v) is 3.30. The number of urea groups is 1. The van der Waals surface area contributed by atoms with E-state index in [1.807, 2.05) is 0 Å². The van der Waals surface area contributed by atoms with Crippen LogP contribution in [0.3, 0.4) is 0 Å². The molecule has 2 aromatic rings. The lowest BCUT2D eigenvalue weighted by atomic mass is 10.0. The number of carbonyl (C=O) groups is 4. The highest BCUT2D eigenvalue weighted by molar-refractivity contribution is 6.13. The molecule has 0 spiro atoms. The molecule has 1 aromatic heterocycles. The Kier molecular flexibility index (Phi) is 7.59. The topological polar surface area (TPSA) is 145 Å². The Labute approximate surface area is 200 Å². The second-order valence-electron chi connectivity index (χ2n) is 7.44. The molecule has 1 aromatic carbocycles. The van der Waals surface area contributed by atoms with Gasteiger partial charge in [0.2, 0.25) is 5.76 Å². The minimum absolute atomic E-state index is 0.00826. The minimum Gasteiger partial charge on any atom is -0.493 e. The zero-order chi connectivity index (χ0) is 25.7. The number of carboxylic acid groups (broad SMARTS) is 1. The summed E-state index contributed by atoms with van der Waals surface area (Å²) in [6, 6.07) is 5.43. The summed E-state index contributed by atoms with van der Waals surface area (Å²) in [5, 5.41) is 11.7. The van der Waals surface area contributed by atoms with Crippen LogP contribution in [0.4, 0.5) is 4.79 Å². The number of benzene rings is 1. The van der Waals surface area contributed by atoms with Gasteiger partial charge in [0.1, 0.15) is 11.5 Å². The first kappa shape index (κ1) is 25.1. The predicted octanol–water partition coefficient (Wildman–Crippen LogP) is 2.75. The molecular weight excluding hydrogens is 460 g/mol. The molecule has 11 nitrogen and oxygen atoms in total. The quantitative estimate of drug-likeness (QED) is 0.225. The lowest BCUT2D eigenvalue weighted by molar-refractivity contribution is -0.144. The minimum atomic E-state index is -1.14. The second kappa shape index (κ2) is 10.6. The molecule has 0 bridgehead atoms. The van der Waals surface area contributed by atoms with Crippen LogP contribution in [0.15, 0.2) is 47.0 Å². The highest BCUT2D eigenvalue weighted by Gasteiger charge is 2.34. The molecule has 2 heterocycles. The largest absolute Gasteiger partial charge is 0.493 e. The smallest absolute Gasteiger partial charge is 0.373 e. The maximum absolute atomic E-state index is 12.9. The molecule has 1 atom stereocenters. The summed E-state index contributed by atoms with van der Waals surface area (Å²) >= 11 is 0. The SMILES string of the molecule is C=CCc1cc(C=C2NC(=O)N(Cc3ccc(C(=O)OC)o3)C2=O)cc(OC)c1OC(C)C(=O)O. The number of esters is 1. The van der Waals surface area contributed by atoms with Crippen molar-refractivity contribution in [3.63, 3.8) is 0 Å². The van der Waals surface area contributed by atoms with Crippen LogP contribution in [0, 0.1) is 0 Å². The summed E-state index contributed by atoms with van der Waals surface area (Å²) in [7, 11) is 2.61. The average Bonchev–Trinajstić information content (AvgIpc) is 3.40. The number of hydrogen-bond donors (Lipinski definition) is 2. The van der Waals surface area contributed by atoms with Gasteiger partial charge in [-0.2, -0.15) is 0 Å². The van der Waals surface area contributed by atoms with Crippen molar-refractivity contribution < 1.29 is 42.9 Å². The predicted molar refractivity (Wildman–Crippen MR) is 122 cm³/mol. The van der Waals surface area contributed by atoms with E-state index in [0.29, 0.717) is 17.5 Å². The zero-order valence-corrected chi connectivity index (χ0v) is 19.3. The lowest BCUT2D eigenvalue weighted by Gasteiger charge is -2.18. The summed E-state index contributed by atoms with van der Waals surface area (Å²) in [5.41, 5.74) is 1.10. The molecule has 184 valence electrons. The number of carbonyl (C=O) groups excluding carboxylic acids is 3. The number of ether oxygens (including phenoxy) is 3. The molecule has 2 N–H and O–H groups in total. The Morgan fingerprint density at radius 2 is 2.00 bits per heavy atom. The standard InChI is InChI=1S/C24H24N2O9/c1-5-6-15-9-14(11-19(32-3)20(15)34-13(2)22(28)29)10-17-21(27)26(24(31)25-17)12-16-7-8-18(35-16)23(30)33-4/h5,7-11,13H,1,6,12H2,2-4H3,(H,25,31)(H,28,29). The first-order valence-electron chi connectivity index (χ1n) is 10.4. The van der Waals surface area contributed by atoms with Gasteiger partial charge in [0.15, 0.2) is 17.6 Å². The maximum atomic E-state index is 12.9. The second-order valence-corrected chi connectivity index (χ2v) is 7.44. The number of allylic oxidation sites excluding steroid dienone is 1. The van der Waals surface area contributed by atoms with Crippen LogP contribution in [-0.4, -0.2) is 54.2 Å². The lowest BCUT2D eigenvalue weighted by Crippen LogP contribution is -2.30. The van der Waals surface area contributed by atoms with Crippen LogP contribution >= 0.6 is 0 Å². The van der Waals surface area contributed by atoms with Gasteiger partial charge in [-0.05, 0) is 49.2 Å². The van der Waals surface area contributed by atoms with Gasteiger partial charge < -0.3 is 29.1 Å². The van der Waals surface area contributed by atoms with Gasteiger partial charge in [-0.15, -0.1) is 6.58 Å². The van der Waals surface area contributed by atoms with E-state index in [4.69, 9.17) is 13.9 Å². The number of amides is 3. The average molecular weight is 484 g/mol. The molecule has 11 heteroatoms. The zero-order valence-electron chi connectivity index (χ0n) is 19.3. The molecule has 0 aliphatic carbocycles. The van der Waals surface area contributed by atoms with Crippen molar-refractivity contribution in [1.82, 2.24) is 10.2 Å². The Morgan fingerprint density at radius 3 is 2.63 bits per heavy atom. The van der Waals surface area contributed by atoms with Crippen molar-refractivity contribution in [2.45, 2.75) is 26.0 Å². The number of rotatable bonds is 10. The molecule has 1 unspecified atom stereocenters. The van der Waals surface area contributed by atoms with E-state index in [2.05, 4.69) is 16.6 Å². The molecule has 0 saturated carbocycles. The van der Waals surface area contributed by atoms with Gasteiger partial charge in [0.05, 0.1) is 20.8 Å². The monoisotopic (exact) mass is 484 g/mol. The van der Waals surface area contributed by atoms with Gasteiger partial charge in [-0.3, -0.25) is 9.69 Å². The van der Waals surface area contributed by atoms with Gasteiger partial charge in [-0.1, -0.05) is 6.08 Å². The number of nitrogens with one attached hydrogen (secondary N) is 1. The molecule has 3 rings (SSSR count). The molecule has 1 aliphatic rings. The number of imide groups is 1. The van der Waals surface area contributed by atoms with Crippen LogP contribution in [0.25, 0.3) is 6.08 Å². The van der Waals surface area contributed by atoms with Crippen LogP contribution in [0.5, 0.6) is 11.5 Å². The number of nitrogens with zero attached hydrogens (tertiary/aromatic N) is 1. The summed E-state index contributed by atoms with van der Waals surface area (Å²) in [6.07, 6.45) is 2.28. The van der Waals surface area contributed by atoms with E-state index in [9.17, 15) is 24.3 Å². The third-order valence-corrected chi connectivity index (χ3v) is 5.02. The van der Waals surface area contributed by atoms with Crippen LogP contribution in [-0.2, 0) is 27.3 Å². The number of carboxylic acids is 1. The Hall–Kier alpha value is -4.54. The van der Waals surface area contributed by atoms with Crippen molar-refractivity contribution in [2.24, 2.45) is 0 Å². The van der Waals surface area contributed by atoms with E-state index in [-0.39, 0.29) is 35.3 Å². The highest BCUT2D eigenvalue weighted by atomic mass is 16.5. The number of methoxy groups -OCH3 is 2. The molecule has 3 amide bonds. The van der Waals surface area contributed by atoms with Crippen molar-refractivity contribution in [3.05, 3.63) is 65.3 Å². The van der Waals surface area contributed by atoms with Gasteiger partial charge >= 0.3 is 18.0 Å². The number of hydrogen-bond acceptors (Lipinski definition) is 8. The van der Waals surface area contributed by atoms with E-state index in [1.54, 1.807) is 18.2 Å². The van der Waals surface area contributed by atoms with E-state index in [0.717, 1.165) is 4.90 Å². The van der Waals surface area contributed by atoms with E-state index >= 15 is 0 Å². The van der Waals surface area contributed by atoms with Gasteiger partial charge in [-0.25, -0.2) is 14.4 Å². The summed E-state index contributed by atoms with van der Waals surface area (Å²) in [6.45, 7) is 4.91. The number of furan rings is 1. The molecule has 0 radical (unpaired) electrons. The highest BCUT2D eigenvalue weighted by Crippen LogP contribution is 2.35. The van der Waals surface area contributed by atoms with E-state index in [1.165, 1.54) is 39.4 Å². The number of aliphatic carboxylic acids is 1. The summed E-state index contributed by atoms with van der Waals surface area (Å²) in [4.78, 5) is 49.0. The Morgan fingerprint density at radius 1 is 1.26 bits per heavy atom. The Balaban J connectivity index is 1.88. The third-order valence-electron chi connectivity index (χ3n) is 5.02. The molecule has 1 fully saturated rings. The van der Waals surface area contributed by atoms with Gasteiger partial charge in [0, 0.05) is 5.56 Å². The normalized spacial score (nSPS) is 15.1. The molecular formula is C24H24N2O9. The van der Waals surface area contributed by atoms with Crippen molar-refractivity contribution >= 4 is 30.0 Å². The first-order valence-corrected chi connectivity index (χ1v) is 10.4. The maximum Gasteiger partial charge on any atom is 0.373 e. The van der Waals surface area contributed by atoms with Crippen molar-refractivity contribution in [3.8, 4) is 11.5 Å². The third kappa shape index (κ3) is 5.52. The van der Waals surface area contributed by atoms with Gasteiger partial charge in [0.25, 0.3) is 5.91 Å². The van der Waals surface area contributed by atoms with Crippen LogP contribution in [0.2, 0.25) is 0 Å². The first-order chi connectivity index (χ1) is 16.7. The van der Waals surface area contributed by atoms with Crippen LogP contribution in [0.1, 0.15) is 34.4 Å². The molecule has 1 aliphatic heterocycles. The van der Waals surface area contributed by atoms with Crippen LogP contribution < -0.4 is 14.8 Å². The molecule has 1 saturated heterocycles. The summed E-state index contributed by atoms with van der Waals surface area (Å²) in [5.74, 6) is -1.75. The fourth-order valence-electron chi connectivity index (χ4n) is 3.30. The Bertz CT molecular complexity index is 1210. The fraction of sp³-hybridized carbons (Fsp3) is 0.250. The van der Waals surface area contributed by atoms with Crippen molar-refractivity contribution in [1.29, 1.82) is 0 Å². The summed E-state index contributed by atoms with van der Waals surface area (Å²) < 4.78 is 20.9.